The first-order chi connectivity index (χ1) is 21.5. The van der Waals surface area contributed by atoms with Crippen LogP contribution in [0.25, 0.3) is 0 Å². The summed E-state index contributed by atoms with van der Waals surface area (Å²) in [5.74, 6) is 0.231. The number of rotatable bonds is 21. The molecule has 0 aliphatic rings. The molecule has 0 saturated carbocycles. The predicted molar refractivity (Wildman–Crippen MR) is 182 cm³/mol. The molecule has 0 bridgehead atoms. The van der Waals surface area contributed by atoms with Gasteiger partial charge in [0.1, 0.15) is 11.5 Å². The van der Waals surface area contributed by atoms with Gasteiger partial charge in [-0.1, -0.05) is 116 Å². The first kappa shape index (κ1) is 35.1. The second-order valence-electron chi connectivity index (χ2n) is 12.1. The molecule has 0 atom stereocenters. The van der Waals surface area contributed by atoms with Crippen molar-refractivity contribution in [2.24, 2.45) is 0 Å². The van der Waals surface area contributed by atoms with E-state index in [1.807, 2.05) is 54.6 Å². The third kappa shape index (κ3) is 12.7. The van der Waals surface area contributed by atoms with E-state index in [0.717, 1.165) is 50.5 Å². The van der Waals surface area contributed by atoms with Crippen molar-refractivity contribution < 1.29 is 19.1 Å². The Morgan fingerprint density at radius 3 is 1.41 bits per heavy atom. The zero-order valence-electron chi connectivity index (χ0n) is 27.5. The highest BCUT2D eigenvalue weighted by molar-refractivity contribution is 5.92. The predicted octanol–water partition coefficient (Wildman–Crippen LogP) is 11.3. The van der Waals surface area contributed by atoms with Gasteiger partial charge in [0.15, 0.2) is 0 Å². The van der Waals surface area contributed by atoms with E-state index in [-0.39, 0.29) is 11.9 Å². The third-order valence-corrected chi connectivity index (χ3v) is 8.26. The summed E-state index contributed by atoms with van der Waals surface area (Å²) in [7, 11) is 0. The molecule has 3 aromatic rings. The molecule has 0 heterocycles. The van der Waals surface area contributed by atoms with Crippen LogP contribution in [0.2, 0.25) is 0 Å². The lowest BCUT2D eigenvalue weighted by Crippen LogP contribution is -2.11. The molecular weight excluding hydrogens is 544 g/mol. The van der Waals surface area contributed by atoms with Gasteiger partial charge in [0.25, 0.3) is 0 Å². The first-order valence-electron chi connectivity index (χ1n) is 17.3. The van der Waals surface area contributed by atoms with Gasteiger partial charge in [-0.25, -0.2) is 9.59 Å². The van der Waals surface area contributed by atoms with E-state index in [2.05, 4.69) is 20.8 Å². The summed E-state index contributed by atoms with van der Waals surface area (Å²) in [6.45, 7) is 6.64. The van der Waals surface area contributed by atoms with Crippen LogP contribution in [0, 0.1) is 0 Å². The van der Waals surface area contributed by atoms with Gasteiger partial charge in [-0.15, -0.1) is 0 Å². The average molecular weight is 599 g/mol. The normalized spacial score (nSPS) is 11.0. The molecule has 4 nitrogen and oxygen atoms in total. The van der Waals surface area contributed by atoms with Gasteiger partial charge in [0, 0.05) is 0 Å². The Bertz CT molecular complexity index is 1240. The maximum Gasteiger partial charge on any atom is 0.343 e. The Labute approximate surface area is 266 Å². The summed E-state index contributed by atoms with van der Waals surface area (Å²) < 4.78 is 11.7. The molecule has 0 aliphatic carbocycles. The Morgan fingerprint density at radius 2 is 0.909 bits per heavy atom. The third-order valence-electron chi connectivity index (χ3n) is 8.26. The smallest absolute Gasteiger partial charge is 0.343 e. The Balaban J connectivity index is 1.61. The number of hydrogen-bond donors (Lipinski definition) is 0. The van der Waals surface area contributed by atoms with Crippen LogP contribution >= 0.6 is 0 Å². The van der Waals surface area contributed by atoms with Crippen molar-refractivity contribution in [3.63, 3.8) is 0 Å². The fourth-order valence-electron chi connectivity index (χ4n) is 5.46. The Hall–Kier alpha value is -3.40. The molecule has 0 fully saturated rings. The van der Waals surface area contributed by atoms with Gasteiger partial charge in [-0.3, -0.25) is 0 Å². The van der Waals surface area contributed by atoms with Crippen molar-refractivity contribution in [2.45, 2.75) is 130 Å². The van der Waals surface area contributed by atoms with Crippen LogP contribution in [0.3, 0.4) is 0 Å². The fourth-order valence-corrected chi connectivity index (χ4v) is 5.46. The average Bonchev–Trinajstić information content (AvgIpc) is 3.04. The van der Waals surface area contributed by atoms with Crippen molar-refractivity contribution in [3.8, 4) is 11.5 Å². The zero-order chi connectivity index (χ0) is 31.4. The highest BCUT2D eigenvalue weighted by Gasteiger charge is 2.15. The zero-order valence-corrected chi connectivity index (χ0v) is 27.5. The molecule has 0 saturated heterocycles. The summed E-state index contributed by atoms with van der Waals surface area (Å²) >= 11 is 0. The summed E-state index contributed by atoms with van der Waals surface area (Å²) in [6, 6.07) is 20.8. The standard InChI is InChI=1S/C40H54O4/c1-4-7-10-13-15-18-32-21-25-34(26-22-32)39(41)43-37-29-30-38(36(31-37)20-17-12-9-6-3)44-40(42)35-27-23-33(24-28-35)19-16-14-11-8-5-2/h21-31H,4-20H2,1-3H3. The summed E-state index contributed by atoms with van der Waals surface area (Å²) in [4.78, 5) is 26.0. The second-order valence-corrected chi connectivity index (χ2v) is 12.1. The maximum absolute atomic E-state index is 13.1. The molecule has 44 heavy (non-hydrogen) atoms. The van der Waals surface area contributed by atoms with Crippen LogP contribution in [-0.2, 0) is 19.3 Å². The number of carbonyl (C=O) groups is 2. The van der Waals surface area contributed by atoms with Crippen LogP contribution in [-0.4, -0.2) is 11.9 Å². The highest BCUT2D eigenvalue weighted by Crippen LogP contribution is 2.28. The van der Waals surface area contributed by atoms with Crippen molar-refractivity contribution in [3.05, 3.63) is 94.5 Å². The Kier molecular flexibility index (Phi) is 16.4. The van der Waals surface area contributed by atoms with Gasteiger partial charge in [-0.2, -0.15) is 0 Å². The largest absolute Gasteiger partial charge is 0.423 e. The van der Waals surface area contributed by atoms with E-state index in [0.29, 0.717) is 22.6 Å². The van der Waals surface area contributed by atoms with E-state index >= 15 is 0 Å². The van der Waals surface area contributed by atoms with Crippen molar-refractivity contribution in [1.29, 1.82) is 0 Å². The molecule has 3 rings (SSSR count). The van der Waals surface area contributed by atoms with Crippen LogP contribution in [0.4, 0.5) is 0 Å². The van der Waals surface area contributed by atoms with Crippen molar-refractivity contribution >= 4 is 11.9 Å². The monoisotopic (exact) mass is 598 g/mol. The van der Waals surface area contributed by atoms with Gasteiger partial charge >= 0.3 is 11.9 Å². The summed E-state index contributed by atoms with van der Waals surface area (Å²) in [5, 5.41) is 0. The molecule has 0 unspecified atom stereocenters. The molecule has 4 heteroatoms. The minimum Gasteiger partial charge on any atom is -0.423 e. The lowest BCUT2D eigenvalue weighted by atomic mass is 10.0. The quantitative estimate of drug-likeness (QED) is 0.0695. The maximum atomic E-state index is 13.1. The molecule has 0 aliphatic heterocycles. The number of ether oxygens (including phenoxy) is 2. The Morgan fingerprint density at radius 1 is 0.477 bits per heavy atom. The van der Waals surface area contributed by atoms with Crippen LogP contribution in [0.15, 0.2) is 66.7 Å². The number of carbonyl (C=O) groups excluding carboxylic acids is 2. The van der Waals surface area contributed by atoms with Gasteiger partial charge in [0.2, 0.25) is 0 Å². The highest BCUT2D eigenvalue weighted by atomic mass is 16.5. The fraction of sp³-hybridized carbons (Fsp3) is 0.500. The molecular formula is C40H54O4. The van der Waals surface area contributed by atoms with E-state index in [4.69, 9.17) is 9.47 Å². The van der Waals surface area contributed by atoms with Gasteiger partial charge in [0.05, 0.1) is 11.1 Å². The number of unbranched alkanes of at least 4 members (excludes halogenated alkanes) is 11. The minimum absolute atomic E-state index is 0.371. The lowest BCUT2D eigenvalue weighted by Gasteiger charge is -2.13. The summed E-state index contributed by atoms with van der Waals surface area (Å²) in [5.41, 5.74) is 4.44. The van der Waals surface area contributed by atoms with Crippen LogP contribution < -0.4 is 9.47 Å². The molecule has 0 spiro atoms. The molecule has 3 aromatic carbocycles. The number of aryl methyl sites for hydroxylation is 3. The number of esters is 2. The molecule has 0 aromatic heterocycles. The summed E-state index contributed by atoms with van der Waals surface area (Å²) in [6.07, 6.45) is 19.7. The number of hydrogen-bond acceptors (Lipinski definition) is 4. The van der Waals surface area contributed by atoms with Crippen LogP contribution in [0.5, 0.6) is 11.5 Å². The lowest BCUT2D eigenvalue weighted by molar-refractivity contribution is 0.0718. The van der Waals surface area contributed by atoms with Crippen molar-refractivity contribution in [2.75, 3.05) is 0 Å². The van der Waals surface area contributed by atoms with Crippen LogP contribution in [0.1, 0.15) is 148 Å². The van der Waals surface area contributed by atoms with Gasteiger partial charge in [-0.05, 0) is 97.7 Å². The molecule has 0 radical (unpaired) electrons. The van der Waals surface area contributed by atoms with E-state index in [1.54, 1.807) is 12.1 Å². The van der Waals surface area contributed by atoms with Crippen molar-refractivity contribution in [1.82, 2.24) is 0 Å². The minimum atomic E-state index is -0.383. The van der Waals surface area contributed by atoms with E-state index in [1.165, 1.54) is 75.3 Å². The molecule has 0 N–H and O–H groups in total. The molecule has 238 valence electrons. The topological polar surface area (TPSA) is 52.6 Å². The first-order valence-corrected chi connectivity index (χ1v) is 17.3. The van der Waals surface area contributed by atoms with E-state index in [9.17, 15) is 9.59 Å². The van der Waals surface area contributed by atoms with E-state index < -0.39 is 0 Å². The molecule has 0 amide bonds. The second kappa shape index (κ2) is 20.5. The van der Waals surface area contributed by atoms with Gasteiger partial charge < -0.3 is 9.47 Å². The SMILES string of the molecule is CCCCCCCc1ccc(C(=O)Oc2ccc(OC(=O)c3ccc(CCCCCCC)cc3)c(CCCCCC)c2)cc1. The number of benzene rings is 3.